The van der Waals surface area contributed by atoms with Crippen molar-refractivity contribution in [2.75, 3.05) is 26.9 Å². The number of rotatable bonds is 10. The van der Waals surface area contributed by atoms with E-state index in [1.807, 2.05) is 49.9 Å². The summed E-state index contributed by atoms with van der Waals surface area (Å²) in [5.41, 5.74) is 3.28. The van der Waals surface area contributed by atoms with Gasteiger partial charge in [-0.3, -0.25) is 9.48 Å². The molecule has 35 heavy (non-hydrogen) atoms. The molecule has 186 valence electrons. The smallest absolute Gasteiger partial charge is 0.341 e. The lowest BCUT2D eigenvalue weighted by Gasteiger charge is -2.31. The zero-order valence-electron chi connectivity index (χ0n) is 20.5. The second kappa shape index (κ2) is 10.5. The van der Waals surface area contributed by atoms with E-state index in [0.717, 1.165) is 28.8 Å². The number of aromatic nitrogens is 3. The molecule has 2 aromatic heterocycles. The first kappa shape index (κ1) is 24.7. The number of pyridine rings is 1. The van der Waals surface area contributed by atoms with E-state index in [1.165, 1.54) is 12.3 Å². The molecule has 1 N–H and O–H groups in total. The van der Waals surface area contributed by atoms with Crippen LogP contribution in [0.25, 0.3) is 22.5 Å². The minimum absolute atomic E-state index is 0.0426. The number of fused-ring (bicyclic) bond motifs is 3. The largest absolute Gasteiger partial charge is 0.493 e. The van der Waals surface area contributed by atoms with Crippen LogP contribution in [0.2, 0.25) is 0 Å². The van der Waals surface area contributed by atoms with E-state index in [2.05, 4.69) is 5.10 Å². The van der Waals surface area contributed by atoms with E-state index in [4.69, 9.17) is 14.2 Å². The first-order valence-electron chi connectivity index (χ1n) is 11.7. The molecule has 3 heterocycles. The molecule has 9 nitrogen and oxygen atoms in total. The molecule has 1 atom stereocenters. The zero-order chi connectivity index (χ0) is 25.1. The Morgan fingerprint density at radius 3 is 2.69 bits per heavy atom. The fraction of sp³-hybridized carbons (Fsp3) is 0.423. The number of benzene rings is 1. The van der Waals surface area contributed by atoms with Gasteiger partial charge in [0.25, 0.3) is 0 Å². The number of carbonyl (C=O) groups is 1. The van der Waals surface area contributed by atoms with E-state index >= 15 is 0 Å². The normalized spacial score (nSPS) is 14.6. The van der Waals surface area contributed by atoms with Gasteiger partial charge in [-0.15, -0.1) is 0 Å². The third-order valence-corrected chi connectivity index (χ3v) is 6.01. The van der Waals surface area contributed by atoms with Crippen molar-refractivity contribution in [3.05, 3.63) is 58.0 Å². The van der Waals surface area contributed by atoms with Gasteiger partial charge in [0.15, 0.2) is 5.43 Å². The summed E-state index contributed by atoms with van der Waals surface area (Å²) in [5.74, 6) is -0.589. The van der Waals surface area contributed by atoms with Crippen molar-refractivity contribution >= 4 is 5.97 Å². The summed E-state index contributed by atoms with van der Waals surface area (Å²) in [4.78, 5) is 24.2. The highest BCUT2D eigenvalue weighted by molar-refractivity contribution is 5.88. The van der Waals surface area contributed by atoms with Gasteiger partial charge in [0, 0.05) is 69.2 Å². The minimum atomic E-state index is -1.24. The molecule has 0 fully saturated rings. The monoisotopic (exact) mass is 481 g/mol. The van der Waals surface area contributed by atoms with Crippen molar-refractivity contribution in [3.63, 3.8) is 0 Å². The molecule has 0 aliphatic carbocycles. The highest BCUT2D eigenvalue weighted by Gasteiger charge is 2.29. The van der Waals surface area contributed by atoms with Crippen molar-refractivity contribution in [2.45, 2.75) is 38.8 Å². The highest BCUT2D eigenvalue weighted by atomic mass is 16.5. The van der Waals surface area contributed by atoms with Crippen molar-refractivity contribution < 1.29 is 24.1 Å². The van der Waals surface area contributed by atoms with Crippen LogP contribution in [0.4, 0.5) is 0 Å². The molecule has 1 aromatic carbocycles. The Bertz CT molecular complexity index is 1280. The zero-order valence-corrected chi connectivity index (χ0v) is 20.5. The van der Waals surface area contributed by atoms with Crippen LogP contribution in [-0.4, -0.2) is 58.5 Å². The molecule has 4 rings (SSSR count). The molecule has 1 aliphatic heterocycles. The molecular weight excluding hydrogens is 450 g/mol. The van der Waals surface area contributed by atoms with Gasteiger partial charge >= 0.3 is 5.97 Å². The highest BCUT2D eigenvalue weighted by Crippen LogP contribution is 2.42. The number of ether oxygens (including phenoxy) is 3. The van der Waals surface area contributed by atoms with Crippen molar-refractivity contribution in [2.24, 2.45) is 7.05 Å². The van der Waals surface area contributed by atoms with Gasteiger partial charge in [0.2, 0.25) is 0 Å². The van der Waals surface area contributed by atoms with Crippen LogP contribution < -0.4 is 10.2 Å². The fourth-order valence-electron chi connectivity index (χ4n) is 4.32. The Morgan fingerprint density at radius 2 is 2.03 bits per heavy atom. The first-order valence-corrected chi connectivity index (χ1v) is 11.7. The molecule has 0 saturated heterocycles. The number of methoxy groups -OCH3 is 1. The van der Waals surface area contributed by atoms with Crippen molar-refractivity contribution in [3.8, 4) is 28.3 Å². The SMILES string of the molecule is COCCCOc1cc2c(cc1-c1ccn(C)n1)-c1cc(=O)c(C(=O)O)cn1C[C@@H]2COC(C)C. The number of hydrogen-bond donors (Lipinski definition) is 1. The van der Waals surface area contributed by atoms with Gasteiger partial charge < -0.3 is 23.9 Å². The number of nitrogens with zero attached hydrogens (tertiary/aromatic N) is 3. The topological polar surface area (TPSA) is 105 Å². The maximum atomic E-state index is 12.6. The number of aryl methyl sites for hydroxylation is 1. The summed E-state index contributed by atoms with van der Waals surface area (Å²) < 4.78 is 20.9. The third-order valence-electron chi connectivity index (χ3n) is 6.01. The summed E-state index contributed by atoms with van der Waals surface area (Å²) in [5, 5.41) is 14.0. The van der Waals surface area contributed by atoms with E-state index in [1.54, 1.807) is 11.8 Å². The lowest BCUT2D eigenvalue weighted by molar-refractivity contribution is 0.0636. The van der Waals surface area contributed by atoms with Crippen LogP contribution in [0.5, 0.6) is 5.75 Å². The predicted octanol–water partition coefficient (Wildman–Crippen LogP) is 3.55. The Labute approximate surface area is 203 Å². The van der Waals surface area contributed by atoms with Crippen LogP contribution in [0.3, 0.4) is 0 Å². The van der Waals surface area contributed by atoms with Gasteiger partial charge in [-0.2, -0.15) is 5.10 Å². The molecule has 1 aliphatic rings. The molecule has 0 bridgehead atoms. The number of carboxylic acid groups (broad SMARTS) is 1. The molecule has 9 heteroatoms. The Kier molecular flexibility index (Phi) is 7.37. The van der Waals surface area contributed by atoms with Crippen LogP contribution in [0.1, 0.15) is 42.1 Å². The van der Waals surface area contributed by atoms with E-state index < -0.39 is 11.4 Å². The molecule has 0 spiro atoms. The molecule has 0 unspecified atom stereocenters. The maximum Gasteiger partial charge on any atom is 0.341 e. The maximum absolute atomic E-state index is 12.6. The van der Waals surface area contributed by atoms with Crippen LogP contribution in [-0.2, 0) is 23.1 Å². The van der Waals surface area contributed by atoms with Crippen LogP contribution in [0, 0.1) is 0 Å². The predicted molar refractivity (Wildman–Crippen MR) is 131 cm³/mol. The first-order chi connectivity index (χ1) is 16.8. The number of carboxylic acids is 1. The average Bonchev–Trinajstić information content (AvgIpc) is 3.25. The fourth-order valence-corrected chi connectivity index (χ4v) is 4.32. The minimum Gasteiger partial charge on any atom is -0.493 e. The molecule has 3 aromatic rings. The average molecular weight is 482 g/mol. The second-order valence-electron chi connectivity index (χ2n) is 8.98. The number of aromatic carboxylic acids is 1. The second-order valence-corrected chi connectivity index (χ2v) is 8.98. The van der Waals surface area contributed by atoms with Crippen LogP contribution in [0.15, 0.2) is 41.5 Å². The van der Waals surface area contributed by atoms with Crippen LogP contribution >= 0.6 is 0 Å². The summed E-state index contributed by atoms with van der Waals surface area (Å²) in [6.07, 6.45) is 4.08. The molecule has 0 amide bonds. The summed E-state index contributed by atoms with van der Waals surface area (Å²) in [6.45, 7) is 5.97. The summed E-state index contributed by atoms with van der Waals surface area (Å²) in [7, 11) is 3.51. The quantitative estimate of drug-likeness (QED) is 0.442. The van der Waals surface area contributed by atoms with Gasteiger partial charge in [-0.25, -0.2) is 4.79 Å². The van der Waals surface area contributed by atoms with Gasteiger partial charge in [0.05, 0.1) is 30.7 Å². The Balaban J connectivity index is 1.88. The lowest BCUT2D eigenvalue weighted by atomic mass is 9.86. The molecular formula is C26H31N3O6. The van der Waals surface area contributed by atoms with Crippen molar-refractivity contribution in [1.29, 1.82) is 0 Å². The van der Waals surface area contributed by atoms with Gasteiger partial charge in [-0.05, 0) is 37.6 Å². The number of hydrogen-bond acceptors (Lipinski definition) is 6. The summed E-state index contributed by atoms with van der Waals surface area (Å²) >= 11 is 0. The summed E-state index contributed by atoms with van der Waals surface area (Å²) in [6, 6.07) is 7.31. The lowest BCUT2D eigenvalue weighted by Crippen LogP contribution is -2.27. The Hall–Kier alpha value is -3.43. The van der Waals surface area contributed by atoms with E-state index in [-0.39, 0.29) is 17.6 Å². The molecule has 0 radical (unpaired) electrons. The third kappa shape index (κ3) is 5.31. The van der Waals surface area contributed by atoms with E-state index in [0.29, 0.717) is 37.8 Å². The molecule has 0 saturated carbocycles. The van der Waals surface area contributed by atoms with Gasteiger partial charge in [-0.1, -0.05) is 0 Å². The van der Waals surface area contributed by atoms with Crippen molar-refractivity contribution in [1.82, 2.24) is 14.3 Å². The standard InChI is InChI=1S/C26H31N3O6/c1-16(2)35-15-17-13-29-14-21(26(31)32)24(30)12-23(29)19-10-20(22-6-7-28(3)27-22)25(11-18(17)19)34-9-5-8-33-4/h6-7,10-12,14,16-17H,5,8-9,13,15H2,1-4H3,(H,31,32)/t17-/m1/s1. The van der Waals surface area contributed by atoms with Gasteiger partial charge in [0.1, 0.15) is 11.3 Å². The Morgan fingerprint density at radius 1 is 1.23 bits per heavy atom. The van der Waals surface area contributed by atoms with E-state index in [9.17, 15) is 14.7 Å².